The van der Waals surface area contributed by atoms with Crippen LogP contribution >= 0.6 is 11.6 Å². The van der Waals surface area contributed by atoms with Crippen molar-refractivity contribution in [3.63, 3.8) is 0 Å². The number of rotatable bonds is 3. The lowest BCUT2D eigenvalue weighted by molar-refractivity contribution is 0.197. The molecule has 9 heteroatoms. The van der Waals surface area contributed by atoms with Crippen molar-refractivity contribution in [1.82, 2.24) is 24.6 Å². The summed E-state index contributed by atoms with van der Waals surface area (Å²) in [5, 5.41) is 29.0. The molecule has 1 saturated carbocycles. The van der Waals surface area contributed by atoms with Gasteiger partial charge in [-0.1, -0.05) is 11.6 Å². The predicted molar refractivity (Wildman–Crippen MR) is 131 cm³/mol. The Bertz CT molecular complexity index is 1390. The van der Waals surface area contributed by atoms with Crippen LogP contribution in [-0.4, -0.2) is 43.3 Å². The number of anilines is 1. The third-order valence-corrected chi connectivity index (χ3v) is 7.88. The molecule has 1 aliphatic carbocycles. The molecule has 0 amide bonds. The van der Waals surface area contributed by atoms with Gasteiger partial charge in [0.05, 0.1) is 29.6 Å². The van der Waals surface area contributed by atoms with Crippen molar-refractivity contribution in [2.24, 2.45) is 0 Å². The summed E-state index contributed by atoms with van der Waals surface area (Å²) in [4.78, 5) is 9.17. The summed E-state index contributed by atoms with van der Waals surface area (Å²) in [6.45, 7) is 4.88. The Labute approximate surface area is 209 Å². The minimum atomic E-state index is -0.404. The van der Waals surface area contributed by atoms with E-state index in [4.69, 9.17) is 11.6 Å². The van der Waals surface area contributed by atoms with E-state index in [1.54, 1.807) is 0 Å². The number of piperidine rings is 1. The van der Waals surface area contributed by atoms with Gasteiger partial charge < -0.3 is 4.90 Å². The molecule has 6 rings (SSSR count). The molecule has 2 aliphatic heterocycles. The van der Waals surface area contributed by atoms with Crippen molar-refractivity contribution in [3.05, 3.63) is 63.8 Å². The molecule has 1 saturated heterocycles. The van der Waals surface area contributed by atoms with Gasteiger partial charge in [-0.2, -0.15) is 10.5 Å². The van der Waals surface area contributed by atoms with E-state index in [2.05, 4.69) is 47.8 Å². The summed E-state index contributed by atoms with van der Waals surface area (Å²) in [5.41, 5.74) is 3.15. The molecule has 0 N–H and O–H groups in total. The van der Waals surface area contributed by atoms with Crippen molar-refractivity contribution < 1.29 is 0 Å². The zero-order valence-electron chi connectivity index (χ0n) is 19.6. The fraction of sp³-hybridized carbons (Fsp3) is 0.423. The number of benzene rings is 1. The quantitative estimate of drug-likeness (QED) is 0.548. The monoisotopic (exact) mass is 484 g/mol. The lowest BCUT2D eigenvalue weighted by Crippen LogP contribution is -2.35. The molecule has 2 fully saturated rings. The fourth-order valence-corrected chi connectivity index (χ4v) is 5.61. The van der Waals surface area contributed by atoms with Crippen LogP contribution in [0.1, 0.15) is 60.1 Å². The smallest absolute Gasteiger partial charge is 0.151 e. The fourth-order valence-electron chi connectivity index (χ4n) is 5.42. The highest BCUT2D eigenvalue weighted by Gasteiger charge is 2.50. The Balaban J connectivity index is 1.30. The average Bonchev–Trinajstić information content (AvgIpc) is 3.60. The minimum Gasteiger partial charge on any atom is -0.357 e. The second kappa shape index (κ2) is 8.34. The molecule has 3 aromatic rings. The van der Waals surface area contributed by atoms with Crippen LogP contribution in [0.4, 0.5) is 5.82 Å². The summed E-state index contributed by atoms with van der Waals surface area (Å²) >= 11 is 6.38. The van der Waals surface area contributed by atoms with Gasteiger partial charge in [0.2, 0.25) is 0 Å². The van der Waals surface area contributed by atoms with Crippen LogP contribution in [0, 0.1) is 29.6 Å². The zero-order chi connectivity index (χ0) is 24.2. The van der Waals surface area contributed by atoms with Gasteiger partial charge in [0.1, 0.15) is 23.3 Å². The van der Waals surface area contributed by atoms with E-state index in [1.165, 1.54) is 0 Å². The van der Waals surface area contributed by atoms with E-state index >= 15 is 0 Å². The third-order valence-electron chi connectivity index (χ3n) is 7.64. The van der Waals surface area contributed by atoms with E-state index in [1.807, 2.05) is 31.2 Å². The molecule has 4 heterocycles. The van der Waals surface area contributed by atoms with Crippen LogP contribution in [0.2, 0.25) is 5.02 Å². The van der Waals surface area contributed by atoms with Gasteiger partial charge in [-0.15, -0.1) is 10.2 Å². The first-order valence-corrected chi connectivity index (χ1v) is 12.4. The van der Waals surface area contributed by atoms with Crippen LogP contribution in [0.3, 0.4) is 0 Å². The predicted octanol–water partition coefficient (Wildman–Crippen LogP) is 4.25. The maximum absolute atomic E-state index is 9.84. The Morgan fingerprint density at radius 1 is 1.06 bits per heavy atom. The molecular weight excluding hydrogens is 460 g/mol. The lowest BCUT2D eigenvalue weighted by atomic mass is 9.95. The molecule has 1 aromatic carbocycles. The standard InChI is InChI=1S/C26H25ClN8/c1-17-19(13-28)2-5-23(30-17)33-10-6-18(7-11-33)25-32-31-24-15-34(26(16-29)8-9-26)14-20-12-21(27)3-4-22(20)35(24)25/h2-5,12,18H,6-11,14-15H2,1H3. The Hall–Kier alpha value is -3.46. The molecule has 176 valence electrons. The van der Waals surface area contributed by atoms with Crippen LogP contribution in [-0.2, 0) is 13.1 Å². The first-order valence-electron chi connectivity index (χ1n) is 12.0. The summed E-state index contributed by atoms with van der Waals surface area (Å²) in [7, 11) is 0. The number of halogens is 1. The summed E-state index contributed by atoms with van der Waals surface area (Å²) in [6, 6.07) is 14.5. The molecule has 2 aromatic heterocycles. The maximum Gasteiger partial charge on any atom is 0.151 e. The highest BCUT2D eigenvalue weighted by Crippen LogP contribution is 2.45. The topological polar surface area (TPSA) is 97.7 Å². The number of nitriles is 2. The Kier molecular flexibility index (Phi) is 5.25. The van der Waals surface area contributed by atoms with Gasteiger partial charge in [0, 0.05) is 30.6 Å². The number of fused-ring (bicyclic) bond motifs is 3. The SMILES string of the molecule is Cc1nc(N2CCC(c3nnc4n3-c3ccc(Cl)cc3CN(C3(C#N)CC3)C4)CC2)ccc1C#N. The van der Waals surface area contributed by atoms with Gasteiger partial charge in [-0.25, -0.2) is 4.98 Å². The van der Waals surface area contributed by atoms with Crippen molar-refractivity contribution in [1.29, 1.82) is 10.5 Å². The molecule has 3 aliphatic rings. The van der Waals surface area contributed by atoms with Gasteiger partial charge in [0.25, 0.3) is 0 Å². The van der Waals surface area contributed by atoms with E-state index in [9.17, 15) is 10.5 Å². The molecule has 8 nitrogen and oxygen atoms in total. The lowest BCUT2D eigenvalue weighted by Gasteiger charge is -2.32. The summed E-state index contributed by atoms with van der Waals surface area (Å²) < 4.78 is 2.21. The Morgan fingerprint density at radius 2 is 1.86 bits per heavy atom. The van der Waals surface area contributed by atoms with Crippen LogP contribution < -0.4 is 4.90 Å². The van der Waals surface area contributed by atoms with Crippen molar-refractivity contribution >= 4 is 17.4 Å². The molecule has 0 atom stereocenters. The first-order chi connectivity index (χ1) is 17.0. The number of aryl methyl sites for hydroxylation is 1. The summed E-state index contributed by atoms with van der Waals surface area (Å²) in [6.07, 6.45) is 3.66. The first kappa shape index (κ1) is 22.0. The number of hydrogen-bond donors (Lipinski definition) is 0. The zero-order valence-corrected chi connectivity index (χ0v) is 20.3. The molecular formula is C26H25ClN8. The maximum atomic E-state index is 9.84. The van der Waals surface area contributed by atoms with Crippen molar-refractivity contribution in [3.8, 4) is 17.8 Å². The number of pyridine rings is 1. The van der Waals surface area contributed by atoms with Crippen LogP contribution in [0.25, 0.3) is 5.69 Å². The van der Waals surface area contributed by atoms with Crippen LogP contribution in [0.15, 0.2) is 30.3 Å². The second-order valence-corrected chi connectivity index (χ2v) is 10.2. The molecule has 35 heavy (non-hydrogen) atoms. The van der Waals surface area contributed by atoms with E-state index < -0.39 is 5.54 Å². The Morgan fingerprint density at radius 3 is 2.54 bits per heavy atom. The minimum absolute atomic E-state index is 0.271. The highest BCUT2D eigenvalue weighted by molar-refractivity contribution is 6.30. The van der Waals surface area contributed by atoms with E-state index in [0.29, 0.717) is 23.7 Å². The number of hydrogen-bond acceptors (Lipinski definition) is 7. The van der Waals surface area contributed by atoms with Gasteiger partial charge in [-0.3, -0.25) is 9.47 Å². The van der Waals surface area contributed by atoms with E-state index in [-0.39, 0.29) is 5.92 Å². The largest absolute Gasteiger partial charge is 0.357 e. The third kappa shape index (κ3) is 3.74. The van der Waals surface area contributed by atoms with Crippen molar-refractivity contribution in [2.75, 3.05) is 18.0 Å². The molecule has 0 unspecified atom stereocenters. The highest BCUT2D eigenvalue weighted by atomic mass is 35.5. The van der Waals surface area contributed by atoms with Gasteiger partial charge in [0.15, 0.2) is 5.82 Å². The van der Waals surface area contributed by atoms with Crippen molar-refractivity contribution in [2.45, 2.75) is 57.2 Å². The summed E-state index contributed by atoms with van der Waals surface area (Å²) in [5.74, 6) is 3.06. The van der Waals surface area contributed by atoms with Gasteiger partial charge in [-0.05, 0) is 68.5 Å². The average molecular weight is 485 g/mol. The molecule has 0 radical (unpaired) electrons. The molecule has 0 spiro atoms. The van der Waals surface area contributed by atoms with Gasteiger partial charge >= 0.3 is 0 Å². The second-order valence-electron chi connectivity index (χ2n) is 9.76. The number of aromatic nitrogens is 4. The normalized spacial score (nSPS) is 19.3. The number of nitrogens with zero attached hydrogens (tertiary/aromatic N) is 8. The molecule has 0 bridgehead atoms. The van der Waals surface area contributed by atoms with Crippen LogP contribution in [0.5, 0.6) is 0 Å². The van der Waals surface area contributed by atoms with E-state index in [0.717, 1.165) is 73.2 Å².